The molecule has 0 saturated carbocycles. The number of imidazole rings is 1. The van der Waals surface area contributed by atoms with Gasteiger partial charge in [-0.05, 0) is 50.1 Å². The van der Waals surface area contributed by atoms with Crippen molar-refractivity contribution in [3.8, 4) is 5.75 Å². The Morgan fingerprint density at radius 2 is 1.82 bits per heavy atom. The van der Waals surface area contributed by atoms with Crippen LogP contribution in [0.4, 0.5) is 5.13 Å². The summed E-state index contributed by atoms with van der Waals surface area (Å²) in [7, 11) is 1.55. The number of fused-ring (bicyclic) bond motifs is 1. The first-order valence-electron chi connectivity index (χ1n) is 10.5. The van der Waals surface area contributed by atoms with E-state index in [9.17, 15) is 14.7 Å². The van der Waals surface area contributed by atoms with E-state index in [2.05, 4.69) is 15.2 Å². The van der Waals surface area contributed by atoms with Crippen LogP contribution in [-0.2, 0) is 9.59 Å². The zero-order valence-electron chi connectivity index (χ0n) is 18.9. The Bertz CT molecular complexity index is 1490. The number of benzene rings is 1. The molecule has 1 unspecified atom stereocenters. The summed E-state index contributed by atoms with van der Waals surface area (Å²) in [5, 5.41) is 20.5. The number of ketones is 1. The number of aliphatic hydroxyl groups excluding tert-OH is 1. The van der Waals surface area contributed by atoms with Crippen LogP contribution in [0.5, 0.6) is 5.75 Å². The summed E-state index contributed by atoms with van der Waals surface area (Å²) in [4.78, 5) is 32.4. The molecule has 9 nitrogen and oxygen atoms in total. The lowest BCUT2D eigenvalue weighted by Crippen LogP contribution is -2.29. The van der Waals surface area contributed by atoms with Gasteiger partial charge in [-0.3, -0.25) is 14.5 Å². The van der Waals surface area contributed by atoms with Crippen molar-refractivity contribution in [3.05, 3.63) is 75.7 Å². The molecule has 34 heavy (non-hydrogen) atoms. The van der Waals surface area contributed by atoms with E-state index in [0.29, 0.717) is 27.7 Å². The number of aliphatic hydroxyl groups is 1. The van der Waals surface area contributed by atoms with Crippen molar-refractivity contribution in [2.45, 2.75) is 26.8 Å². The number of nitrogens with zero attached hydrogens (tertiary/aromatic N) is 5. The Hall–Kier alpha value is -4.05. The van der Waals surface area contributed by atoms with Crippen molar-refractivity contribution < 1.29 is 19.4 Å². The molecule has 4 heterocycles. The van der Waals surface area contributed by atoms with E-state index < -0.39 is 17.7 Å². The van der Waals surface area contributed by atoms with Crippen LogP contribution in [0.3, 0.4) is 0 Å². The highest BCUT2D eigenvalue weighted by Crippen LogP contribution is 2.43. The van der Waals surface area contributed by atoms with Gasteiger partial charge in [-0.25, -0.2) is 4.98 Å². The molecule has 1 aliphatic heterocycles. The molecule has 0 aliphatic carbocycles. The lowest BCUT2D eigenvalue weighted by atomic mass is 9.96. The van der Waals surface area contributed by atoms with Gasteiger partial charge in [-0.2, -0.15) is 0 Å². The molecule has 1 aliphatic rings. The van der Waals surface area contributed by atoms with Crippen molar-refractivity contribution in [1.29, 1.82) is 0 Å². The molecule has 10 heteroatoms. The number of ether oxygens (including phenoxy) is 1. The summed E-state index contributed by atoms with van der Waals surface area (Å²) in [5.74, 6) is -1.29. The fourth-order valence-corrected chi connectivity index (χ4v) is 4.90. The number of aromatic nitrogens is 4. The third-order valence-electron chi connectivity index (χ3n) is 5.91. The summed E-state index contributed by atoms with van der Waals surface area (Å²) in [6.45, 7) is 5.49. The van der Waals surface area contributed by atoms with Gasteiger partial charge in [0.05, 0.1) is 24.4 Å². The summed E-state index contributed by atoms with van der Waals surface area (Å²) in [5.41, 5.74) is 3.05. The van der Waals surface area contributed by atoms with Gasteiger partial charge in [0.2, 0.25) is 5.13 Å². The van der Waals surface area contributed by atoms with E-state index in [-0.39, 0.29) is 22.2 Å². The average Bonchev–Trinajstić information content (AvgIpc) is 3.49. The molecule has 172 valence electrons. The molecule has 1 fully saturated rings. The first-order chi connectivity index (χ1) is 16.3. The van der Waals surface area contributed by atoms with Crippen LogP contribution in [0.15, 0.2) is 48.2 Å². The normalized spacial score (nSPS) is 17.6. The number of amides is 1. The minimum atomic E-state index is -0.899. The van der Waals surface area contributed by atoms with Crippen molar-refractivity contribution in [1.82, 2.24) is 19.6 Å². The Morgan fingerprint density at radius 3 is 2.44 bits per heavy atom. The first kappa shape index (κ1) is 21.8. The molecule has 1 N–H and O–H groups in total. The predicted molar refractivity (Wildman–Crippen MR) is 127 cm³/mol. The monoisotopic (exact) mass is 475 g/mol. The van der Waals surface area contributed by atoms with Crippen molar-refractivity contribution in [2.75, 3.05) is 12.0 Å². The van der Waals surface area contributed by atoms with E-state index in [1.807, 2.05) is 29.7 Å². The number of methoxy groups -OCH3 is 1. The molecule has 1 aromatic carbocycles. The van der Waals surface area contributed by atoms with E-state index in [4.69, 9.17) is 4.74 Å². The summed E-state index contributed by atoms with van der Waals surface area (Å²) < 4.78 is 7.10. The minimum Gasteiger partial charge on any atom is -0.505 e. The largest absolute Gasteiger partial charge is 0.505 e. The Kier molecular flexibility index (Phi) is 5.17. The molecular formula is C24H21N5O4S. The molecule has 4 aromatic rings. The number of aryl methyl sites for hydroxylation is 3. The van der Waals surface area contributed by atoms with Crippen LogP contribution in [0.1, 0.15) is 33.6 Å². The molecule has 1 atom stereocenters. The fraction of sp³-hybridized carbons (Fsp3) is 0.208. The average molecular weight is 476 g/mol. The topological polar surface area (TPSA) is 110 Å². The van der Waals surface area contributed by atoms with E-state index in [0.717, 1.165) is 5.56 Å². The standard InChI is InChI=1S/C24H21N5O4S/c1-12-6-5-11-28-13(2)18(25-22(12)28)20(30)17-19(15-7-9-16(33-4)10-8-15)29(23(32)21(17)31)24-27-26-14(3)34-24/h5-11,19,30H,1-4H3/b20-17+. The Morgan fingerprint density at radius 1 is 1.09 bits per heavy atom. The zero-order chi connectivity index (χ0) is 24.1. The molecule has 3 aromatic heterocycles. The van der Waals surface area contributed by atoms with Crippen LogP contribution >= 0.6 is 11.3 Å². The Balaban J connectivity index is 1.75. The first-order valence-corrected chi connectivity index (χ1v) is 11.3. The van der Waals surface area contributed by atoms with E-state index >= 15 is 0 Å². The zero-order valence-corrected chi connectivity index (χ0v) is 19.8. The lowest BCUT2D eigenvalue weighted by Gasteiger charge is -2.22. The smallest absolute Gasteiger partial charge is 0.301 e. The van der Waals surface area contributed by atoms with Gasteiger partial charge in [0.15, 0.2) is 5.76 Å². The predicted octanol–water partition coefficient (Wildman–Crippen LogP) is 3.75. The molecule has 0 radical (unpaired) electrons. The fourth-order valence-electron chi connectivity index (χ4n) is 4.19. The maximum Gasteiger partial charge on any atom is 0.301 e. The van der Waals surface area contributed by atoms with Gasteiger partial charge < -0.3 is 14.2 Å². The van der Waals surface area contributed by atoms with Crippen LogP contribution in [-0.4, -0.2) is 43.5 Å². The maximum atomic E-state index is 13.3. The van der Waals surface area contributed by atoms with Gasteiger partial charge >= 0.3 is 5.91 Å². The third-order valence-corrected chi connectivity index (χ3v) is 6.74. The quantitative estimate of drug-likeness (QED) is 0.272. The number of hydrogen-bond donors (Lipinski definition) is 1. The van der Waals surface area contributed by atoms with Crippen molar-refractivity contribution in [2.24, 2.45) is 0 Å². The highest BCUT2D eigenvalue weighted by molar-refractivity contribution is 7.15. The molecule has 5 rings (SSSR count). The van der Waals surface area contributed by atoms with Crippen molar-refractivity contribution >= 4 is 39.6 Å². The minimum absolute atomic E-state index is 0.0489. The number of Topliss-reactive ketones (excluding diaryl/α,β-unsaturated/α-hetero) is 1. The van der Waals surface area contributed by atoms with Crippen LogP contribution in [0, 0.1) is 20.8 Å². The van der Waals surface area contributed by atoms with E-state index in [1.54, 1.807) is 45.2 Å². The maximum absolute atomic E-state index is 13.3. The van der Waals surface area contributed by atoms with Gasteiger partial charge in [0.25, 0.3) is 5.78 Å². The number of carbonyl (C=O) groups is 2. The van der Waals surface area contributed by atoms with E-state index in [1.165, 1.54) is 16.2 Å². The second-order valence-corrected chi connectivity index (χ2v) is 9.14. The number of anilines is 1. The Labute approximate surface area is 199 Å². The van der Waals surface area contributed by atoms with Gasteiger partial charge in [0, 0.05) is 6.20 Å². The second kappa shape index (κ2) is 8.07. The summed E-state index contributed by atoms with van der Waals surface area (Å²) in [6, 6.07) is 9.88. The molecule has 0 bridgehead atoms. The van der Waals surface area contributed by atoms with Gasteiger partial charge in [-0.15, -0.1) is 10.2 Å². The van der Waals surface area contributed by atoms with Crippen molar-refractivity contribution in [3.63, 3.8) is 0 Å². The lowest BCUT2D eigenvalue weighted by molar-refractivity contribution is -0.132. The SMILES string of the molecule is COc1ccc(C2/C(=C(\O)c3nc4c(C)cccn4c3C)C(=O)C(=O)N2c2nnc(C)s2)cc1. The molecule has 0 spiro atoms. The summed E-state index contributed by atoms with van der Waals surface area (Å²) >= 11 is 1.20. The number of carbonyl (C=O) groups excluding carboxylic acids is 2. The van der Waals surface area contributed by atoms with Gasteiger partial charge in [-0.1, -0.05) is 29.5 Å². The molecule has 1 amide bonds. The number of pyridine rings is 1. The van der Waals surface area contributed by atoms with Crippen LogP contribution < -0.4 is 9.64 Å². The molecule has 1 saturated heterocycles. The van der Waals surface area contributed by atoms with Crippen LogP contribution in [0.2, 0.25) is 0 Å². The number of hydrogen-bond acceptors (Lipinski definition) is 8. The highest BCUT2D eigenvalue weighted by atomic mass is 32.1. The highest BCUT2D eigenvalue weighted by Gasteiger charge is 2.48. The number of rotatable bonds is 4. The second-order valence-electron chi connectivity index (χ2n) is 7.98. The van der Waals surface area contributed by atoms with Gasteiger partial charge in [0.1, 0.15) is 22.1 Å². The molecular weight excluding hydrogens is 454 g/mol. The third kappa shape index (κ3) is 3.26. The van der Waals surface area contributed by atoms with Crippen LogP contribution in [0.25, 0.3) is 11.4 Å². The summed E-state index contributed by atoms with van der Waals surface area (Å²) in [6.07, 6.45) is 1.84.